The fraction of sp³-hybridized carbons (Fsp3) is 0.312. The molecule has 2 N–H and O–H groups in total. The Kier molecular flexibility index (Phi) is 4.04. The Bertz CT molecular complexity index is 857. The Balaban J connectivity index is 1.34. The summed E-state index contributed by atoms with van der Waals surface area (Å²) in [4.78, 5) is 25.1. The van der Waals surface area contributed by atoms with E-state index in [4.69, 9.17) is 0 Å². The lowest BCUT2D eigenvalue weighted by molar-refractivity contribution is 0.0948. The maximum absolute atomic E-state index is 12.3. The highest BCUT2D eigenvalue weighted by Gasteiger charge is 2.22. The number of H-pyrrole nitrogens is 1. The van der Waals surface area contributed by atoms with Crippen LogP contribution in [0, 0.1) is 0 Å². The second kappa shape index (κ2) is 6.48. The molecule has 0 saturated heterocycles. The first-order valence-corrected chi connectivity index (χ1v) is 8.74. The number of hydrogen-bond donors (Lipinski definition) is 2. The fourth-order valence-electron chi connectivity index (χ4n) is 2.84. The molecule has 3 heterocycles. The molecule has 0 radical (unpaired) electrons. The molecule has 1 aliphatic carbocycles. The summed E-state index contributed by atoms with van der Waals surface area (Å²) in [6.45, 7) is 0.532. The minimum atomic E-state index is -0.112. The average molecular weight is 340 g/mol. The largest absolute Gasteiger partial charge is 0.350 e. The molecule has 8 heteroatoms. The van der Waals surface area contributed by atoms with Crippen molar-refractivity contribution in [2.24, 2.45) is 0 Å². The van der Waals surface area contributed by atoms with E-state index < -0.39 is 0 Å². The molecule has 122 valence electrons. The van der Waals surface area contributed by atoms with Gasteiger partial charge in [0, 0.05) is 42.0 Å². The highest BCUT2D eigenvalue weighted by molar-refractivity contribution is 7.13. The van der Waals surface area contributed by atoms with E-state index in [-0.39, 0.29) is 5.91 Å². The van der Waals surface area contributed by atoms with Crippen LogP contribution in [0.5, 0.6) is 0 Å². The molecule has 1 amide bonds. The number of hydrogen-bond acceptors (Lipinski definition) is 6. The van der Waals surface area contributed by atoms with Gasteiger partial charge in [-0.25, -0.2) is 4.98 Å². The first-order chi connectivity index (χ1) is 11.8. The minimum Gasteiger partial charge on any atom is -0.350 e. The quantitative estimate of drug-likeness (QED) is 0.738. The summed E-state index contributed by atoms with van der Waals surface area (Å²) in [7, 11) is 0. The maximum Gasteiger partial charge on any atom is 0.272 e. The van der Waals surface area contributed by atoms with Crippen molar-refractivity contribution in [2.75, 3.05) is 6.54 Å². The van der Waals surface area contributed by atoms with Gasteiger partial charge in [0.1, 0.15) is 10.7 Å². The molecule has 0 aliphatic heterocycles. The topological polar surface area (TPSA) is 96.5 Å². The smallest absolute Gasteiger partial charge is 0.272 e. The number of carbonyl (C=O) groups excluding carboxylic acids is 1. The van der Waals surface area contributed by atoms with Gasteiger partial charge in [-0.1, -0.05) is 0 Å². The van der Waals surface area contributed by atoms with Crippen LogP contribution in [-0.4, -0.2) is 37.6 Å². The van der Waals surface area contributed by atoms with Gasteiger partial charge in [-0.2, -0.15) is 5.10 Å². The third-order valence-electron chi connectivity index (χ3n) is 4.02. The van der Waals surface area contributed by atoms with Crippen molar-refractivity contribution in [3.63, 3.8) is 0 Å². The molecule has 24 heavy (non-hydrogen) atoms. The van der Waals surface area contributed by atoms with Gasteiger partial charge >= 0.3 is 0 Å². The van der Waals surface area contributed by atoms with Crippen molar-refractivity contribution in [3.8, 4) is 10.7 Å². The van der Waals surface area contributed by atoms with Gasteiger partial charge in [-0.3, -0.25) is 19.9 Å². The maximum atomic E-state index is 12.3. The second-order valence-corrected chi connectivity index (χ2v) is 6.48. The number of aromatic nitrogens is 5. The molecular weight excluding hydrogens is 324 g/mol. The van der Waals surface area contributed by atoms with Gasteiger partial charge < -0.3 is 5.32 Å². The Labute approximate surface area is 142 Å². The number of aromatic amines is 1. The summed E-state index contributed by atoms with van der Waals surface area (Å²) >= 11 is 1.53. The molecule has 0 spiro atoms. The van der Waals surface area contributed by atoms with Crippen LogP contribution in [0.25, 0.3) is 10.7 Å². The molecule has 0 atom stereocenters. The standard InChI is InChI=1S/C16H16N6OS/c23-15(14-11-2-1-3-12(11)21-22-14)19-5-4-10-9-24-16(20-10)13-8-17-6-7-18-13/h6-9H,1-5H2,(H,19,23)(H,21,22). The highest BCUT2D eigenvalue weighted by atomic mass is 32.1. The van der Waals surface area contributed by atoms with Gasteiger partial charge in [-0.15, -0.1) is 11.3 Å². The third-order valence-corrected chi connectivity index (χ3v) is 4.94. The van der Waals surface area contributed by atoms with Crippen LogP contribution in [0.15, 0.2) is 24.0 Å². The molecule has 7 nitrogen and oxygen atoms in total. The van der Waals surface area contributed by atoms with Crippen LogP contribution >= 0.6 is 11.3 Å². The lowest BCUT2D eigenvalue weighted by Gasteiger charge is -2.02. The van der Waals surface area contributed by atoms with Crippen molar-refractivity contribution >= 4 is 17.2 Å². The van der Waals surface area contributed by atoms with Crippen molar-refractivity contribution < 1.29 is 4.79 Å². The zero-order valence-corrected chi connectivity index (χ0v) is 13.8. The molecule has 0 saturated carbocycles. The number of nitrogens with zero attached hydrogens (tertiary/aromatic N) is 4. The first-order valence-electron chi connectivity index (χ1n) is 7.86. The summed E-state index contributed by atoms with van der Waals surface area (Å²) in [5.41, 5.74) is 4.43. The van der Waals surface area contributed by atoms with E-state index in [0.29, 0.717) is 18.7 Å². The van der Waals surface area contributed by atoms with Gasteiger partial charge in [0.05, 0.1) is 11.9 Å². The van der Waals surface area contributed by atoms with Gasteiger partial charge in [0.15, 0.2) is 5.69 Å². The summed E-state index contributed by atoms with van der Waals surface area (Å²) in [5, 5.41) is 12.9. The molecule has 0 aromatic carbocycles. The number of rotatable bonds is 5. The molecule has 4 rings (SSSR count). The van der Waals surface area contributed by atoms with E-state index >= 15 is 0 Å². The van der Waals surface area contributed by atoms with E-state index in [1.165, 1.54) is 11.3 Å². The number of amides is 1. The fourth-order valence-corrected chi connectivity index (χ4v) is 3.66. The lowest BCUT2D eigenvalue weighted by atomic mass is 10.2. The third kappa shape index (κ3) is 2.92. The Morgan fingerprint density at radius 3 is 3.17 bits per heavy atom. The Morgan fingerprint density at radius 1 is 1.33 bits per heavy atom. The predicted molar refractivity (Wildman–Crippen MR) is 89.8 cm³/mol. The summed E-state index contributed by atoms with van der Waals surface area (Å²) < 4.78 is 0. The number of carbonyl (C=O) groups is 1. The Morgan fingerprint density at radius 2 is 2.29 bits per heavy atom. The van der Waals surface area contributed by atoms with E-state index in [0.717, 1.165) is 46.9 Å². The molecule has 0 bridgehead atoms. The summed E-state index contributed by atoms with van der Waals surface area (Å²) in [6, 6.07) is 0. The molecule has 0 fully saturated rings. The summed E-state index contributed by atoms with van der Waals surface area (Å²) in [5.74, 6) is -0.112. The van der Waals surface area contributed by atoms with Crippen LogP contribution in [0.2, 0.25) is 0 Å². The van der Waals surface area contributed by atoms with Crippen molar-refractivity contribution in [1.29, 1.82) is 0 Å². The van der Waals surface area contributed by atoms with Crippen molar-refractivity contribution in [2.45, 2.75) is 25.7 Å². The minimum absolute atomic E-state index is 0.112. The van der Waals surface area contributed by atoms with Crippen molar-refractivity contribution in [3.05, 3.63) is 46.6 Å². The van der Waals surface area contributed by atoms with Gasteiger partial charge in [0.25, 0.3) is 5.91 Å². The molecule has 3 aromatic rings. The van der Waals surface area contributed by atoms with Gasteiger partial charge in [0.2, 0.25) is 0 Å². The van der Waals surface area contributed by atoms with Gasteiger partial charge in [-0.05, 0) is 19.3 Å². The molecular formula is C16H16N6OS. The highest BCUT2D eigenvalue weighted by Crippen LogP contribution is 2.23. The van der Waals surface area contributed by atoms with Crippen LogP contribution in [0.4, 0.5) is 0 Å². The SMILES string of the molecule is O=C(NCCc1csc(-c2cnccn2)n1)c1n[nH]c2c1CCC2. The number of nitrogens with one attached hydrogen (secondary N) is 2. The monoisotopic (exact) mass is 340 g/mol. The first kappa shape index (κ1) is 14.9. The summed E-state index contributed by atoms with van der Waals surface area (Å²) in [6.07, 6.45) is 8.67. The van der Waals surface area contributed by atoms with Crippen molar-refractivity contribution in [1.82, 2.24) is 30.5 Å². The van der Waals surface area contributed by atoms with E-state index in [9.17, 15) is 4.79 Å². The van der Waals surface area contributed by atoms with E-state index in [2.05, 4.69) is 30.5 Å². The Hall–Kier alpha value is -2.61. The average Bonchev–Trinajstić information content (AvgIpc) is 3.32. The van der Waals surface area contributed by atoms with Crippen LogP contribution in [0.3, 0.4) is 0 Å². The van der Waals surface area contributed by atoms with Crippen LogP contribution < -0.4 is 5.32 Å². The number of thiazole rings is 1. The lowest BCUT2D eigenvalue weighted by Crippen LogP contribution is -2.27. The van der Waals surface area contributed by atoms with Crippen LogP contribution in [-0.2, 0) is 19.3 Å². The van der Waals surface area contributed by atoms with E-state index in [1.807, 2.05) is 5.38 Å². The zero-order chi connectivity index (χ0) is 16.4. The molecule has 1 aliphatic rings. The van der Waals surface area contributed by atoms with E-state index in [1.54, 1.807) is 18.6 Å². The number of fused-ring (bicyclic) bond motifs is 1. The predicted octanol–water partition coefficient (Wildman–Crippen LogP) is 1.78. The molecule has 0 unspecified atom stereocenters. The normalized spacial score (nSPS) is 13.0. The zero-order valence-electron chi connectivity index (χ0n) is 13.0. The number of aryl methyl sites for hydroxylation is 1. The van der Waals surface area contributed by atoms with Crippen LogP contribution in [0.1, 0.15) is 33.9 Å². The molecule has 3 aromatic heterocycles. The second-order valence-electron chi connectivity index (χ2n) is 5.62.